The number of fused-ring (bicyclic) bond motifs is 1. The smallest absolute Gasteiger partial charge is 0.307 e. The summed E-state index contributed by atoms with van der Waals surface area (Å²) in [6.07, 6.45) is 0.352. The number of carbonyl (C=O) groups is 1. The minimum Gasteiger partial charge on any atom is -0.481 e. The first-order valence-corrected chi connectivity index (χ1v) is 6.61. The van der Waals surface area contributed by atoms with E-state index in [1.807, 2.05) is 0 Å². The van der Waals surface area contributed by atoms with Crippen molar-refractivity contribution in [1.82, 2.24) is 5.32 Å². The average molecular weight is 332 g/mol. The number of ether oxygens (including phenoxy) is 2. The van der Waals surface area contributed by atoms with E-state index in [2.05, 4.69) is 21.2 Å². The molecule has 3 rings (SSSR count). The number of nitrogens with one attached hydrogen (secondary N) is 1. The van der Waals surface area contributed by atoms with E-state index >= 15 is 0 Å². The van der Waals surface area contributed by atoms with Crippen LogP contribution in [0.4, 0.5) is 4.39 Å². The second-order valence-electron chi connectivity index (χ2n) is 4.55. The molecule has 1 fully saturated rings. The first-order valence-electron chi connectivity index (χ1n) is 5.81. The Kier molecular flexibility index (Phi) is 3.10. The summed E-state index contributed by atoms with van der Waals surface area (Å²) in [6.45, 7) is 0.396. The van der Waals surface area contributed by atoms with Gasteiger partial charge in [-0.05, 0) is 22.4 Å². The van der Waals surface area contributed by atoms with Crippen LogP contribution in [0.2, 0.25) is 0 Å². The van der Waals surface area contributed by atoms with Crippen LogP contribution >= 0.6 is 15.9 Å². The van der Waals surface area contributed by atoms with Crippen molar-refractivity contribution in [3.63, 3.8) is 0 Å². The maximum Gasteiger partial charge on any atom is 0.307 e. The molecule has 0 aliphatic carbocycles. The van der Waals surface area contributed by atoms with Gasteiger partial charge >= 0.3 is 5.97 Å². The fourth-order valence-electron chi connectivity index (χ4n) is 2.45. The van der Waals surface area contributed by atoms with Gasteiger partial charge in [-0.2, -0.15) is 0 Å². The highest BCUT2D eigenvalue weighted by molar-refractivity contribution is 9.10. The Hall–Kier alpha value is -1.34. The summed E-state index contributed by atoms with van der Waals surface area (Å²) in [5.74, 6) is -0.966. The fraction of sp³-hybridized carbons (Fsp3) is 0.417. The molecule has 0 bridgehead atoms. The van der Waals surface area contributed by atoms with Crippen LogP contribution in [-0.2, 0) is 4.79 Å². The van der Waals surface area contributed by atoms with Gasteiger partial charge in [0, 0.05) is 24.2 Å². The van der Waals surface area contributed by atoms with Crippen LogP contribution in [0.1, 0.15) is 18.0 Å². The highest BCUT2D eigenvalue weighted by Gasteiger charge is 2.35. The van der Waals surface area contributed by atoms with Crippen molar-refractivity contribution in [3.05, 3.63) is 21.9 Å². The summed E-state index contributed by atoms with van der Waals surface area (Å²) in [5, 5.41) is 12.0. The van der Waals surface area contributed by atoms with Gasteiger partial charge in [0.05, 0.1) is 10.4 Å². The Bertz CT molecular complexity index is 551. The lowest BCUT2D eigenvalue weighted by Gasteiger charge is -2.15. The quantitative estimate of drug-likeness (QED) is 0.868. The Morgan fingerprint density at radius 3 is 3.00 bits per heavy atom. The zero-order chi connectivity index (χ0) is 13.6. The van der Waals surface area contributed by atoms with Crippen molar-refractivity contribution in [2.45, 2.75) is 12.5 Å². The third-order valence-electron chi connectivity index (χ3n) is 3.42. The summed E-state index contributed by atoms with van der Waals surface area (Å²) in [7, 11) is 0. The van der Waals surface area contributed by atoms with Gasteiger partial charge < -0.3 is 19.9 Å². The standard InChI is InChI=1S/C12H11BrFNO4/c13-10-9(7-1-5(3-15-7)12(16)17)6(14)2-8-11(10)19-4-18-8/h2,5,7,15H,1,3-4H2,(H,16,17). The Labute approximate surface area is 116 Å². The molecule has 0 amide bonds. The molecule has 5 nitrogen and oxygen atoms in total. The Balaban J connectivity index is 1.96. The molecule has 19 heavy (non-hydrogen) atoms. The summed E-state index contributed by atoms with van der Waals surface area (Å²) >= 11 is 3.32. The lowest BCUT2D eigenvalue weighted by Crippen LogP contribution is -2.18. The van der Waals surface area contributed by atoms with Gasteiger partial charge in [0.1, 0.15) is 5.82 Å². The van der Waals surface area contributed by atoms with Crippen LogP contribution < -0.4 is 14.8 Å². The van der Waals surface area contributed by atoms with E-state index in [4.69, 9.17) is 14.6 Å². The number of benzene rings is 1. The average Bonchev–Trinajstić information content (AvgIpc) is 2.97. The maximum atomic E-state index is 14.1. The molecule has 0 aromatic heterocycles. The molecule has 2 aliphatic heterocycles. The largest absolute Gasteiger partial charge is 0.481 e. The SMILES string of the molecule is O=C(O)C1CNC(c2c(F)cc3c(c2Br)OCO3)C1. The molecular weight excluding hydrogens is 321 g/mol. The highest BCUT2D eigenvalue weighted by atomic mass is 79.9. The van der Waals surface area contributed by atoms with E-state index in [1.54, 1.807) is 0 Å². The lowest BCUT2D eigenvalue weighted by atomic mass is 9.99. The van der Waals surface area contributed by atoms with Crippen LogP contribution in [0.3, 0.4) is 0 Å². The predicted octanol–water partition coefficient (Wildman–Crippen LogP) is 2.05. The van der Waals surface area contributed by atoms with Crippen LogP contribution in [-0.4, -0.2) is 24.4 Å². The number of halogens is 2. The monoisotopic (exact) mass is 331 g/mol. The van der Waals surface area contributed by atoms with Gasteiger partial charge in [-0.3, -0.25) is 4.79 Å². The van der Waals surface area contributed by atoms with Gasteiger partial charge in [0.25, 0.3) is 0 Å². The van der Waals surface area contributed by atoms with E-state index in [9.17, 15) is 9.18 Å². The molecule has 0 radical (unpaired) electrons. The predicted molar refractivity (Wildman–Crippen MR) is 66.7 cm³/mol. The van der Waals surface area contributed by atoms with Crippen molar-refractivity contribution in [3.8, 4) is 11.5 Å². The zero-order valence-corrected chi connectivity index (χ0v) is 11.4. The molecule has 7 heteroatoms. The van der Waals surface area contributed by atoms with Crippen LogP contribution in [0.15, 0.2) is 10.5 Å². The number of rotatable bonds is 2. The molecule has 2 aliphatic rings. The van der Waals surface area contributed by atoms with Gasteiger partial charge in [0.2, 0.25) is 6.79 Å². The zero-order valence-electron chi connectivity index (χ0n) is 9.78. The summed E-state index contributed by atoms with van der Waals surface area (Å²) in [6, 6.07) is 0.933. The van der Waals surface area contributed by atoms with Gasteiger partial charge in [0.15, 0.2) is 11.5 Å². The van der Waals surface area contributed by atoms with Crippen molar-refractivity contribution >= 4 is 21.9 Å². The lowest BCUT2D eigenvalue weighted by molar-refractivity contribution is -0.141. The molecule has 2 unspecified atom stereocenters. The number of carboxylic acid groups (broad SMARTS) is 1. The van der Waals surface area contributed by atoms with E-state index in [0.717, 1.165) is 0 Å². The molecular formula is C12H11BrFNO4. The molecule has 0 saturated carbocycles. The second kappa shape index (κ2) is 4.64. The van der Waals surface area contributed by atoms with E-state index in [0.29, 0.717) is 34.5 Å². The van der Waals surface area contributed by atoms with Crippen LogP contribution in [0, 0.1) is 11.7 Å². The van der Waals surface area contributed by atoms with Crippen LogP contribution in [0.25, 0.3) is 0 Å². The maximum absolute atomic E-state index is 14.1. The first kappa shape index (κ1) is 12.7. The molecule has 1 aromatic rings. The van der Waals surface area contributed by atoms with Gasteiger partial charge in [-0.25, -0.2) is 4.39 Å². The van der Waals surface area contributed by atoms with Crippen molar-refractivity contribution < 1.29 is 23.8 Å². The summed E-state index contributed by atoms with van der Waals surface area (Å²) < 4.78 is 25.0. The summed E-state index contributed by atoms with van der Waals surface area (Å²) in [5.41, 5.74) is 0.396. The fourth-order valence-corrected chi connectivity index (χ4v) is 3.23. The highest BCUT2D eigenvalue weighted by Crippen LogP contribution is 2.46. The molecule has 2 heterocycles. The van der Waals surface area contributed by atoms with Crippen molar-refractivity contribution in [1.29, 1.82) is 0 Å². The number of hydrogen-bond acceptors (Lipinski definition) is 4. The normalized spacial score (nSPS) is 24.7. The number of aliphatic carboxylic acids is 1. The first-order chi connectivity index (χ1) is 9.08. The molecule has 1 aromatic carbocycles. The summed E-state index contributed by atoms with van der Waals surface area (Å²) in [4.78, 5) is 10.9. The van der Waals surface area contributed by atoms with E-state index in [1.165, 1.54) is 6.07 Å². The minimum absolute atomic E-state index is 0.0622. The topological polar surface area (TPSA) is 67.8 Å². The van der Waals surface area contributed by atoms with Crippen LogP contribution in [0.5, 0.6) is 11.5 Å². The molecule has 2 N–H and O–H groups in total. The van der Waals surface area contributed by atoms with Crippen molar-refractivity contribution in [2.24, 2.45) is 5.92 Å². The number of carboxylic acids is 1. The Morgan fingerprint density at radius 1 is 1.53 bits per heavy atom. The molecule has 1 saturated heterocycles. The molecule has 2 atom stereocenters. The Morgan fingerprint density at radius 2 is 2.32 bits per heavy atom. The third-order valence-corrected chi connectivity index (χ3v) is 4.21. The second-order valence-corrected chi connectivity index (χ2v) is 5.34. The van der Waals surface area contributed by atoms with Gasteiger partial charge in [-0.1, -0.05) is 0 Å². The molecule has 0 spiro atoms. The number of hydrogen-bond donors (Lipinski definition) is 2. The minimum atomic E-state index is -0.868. The van der Waals surface area contributed by atoms with E-state index in [-0.39, 0.29) is 12.8 Å². The third kappa shape index (κ3) is 2.06. The van der Waals surface area contributed by atoms with E-state index < -0.39 is 17.7 Å². The van der Waals surface area contributed by atoms with Crippen molar-refractivity contribution in [2.75, 3.05) is 13.3 Å². The van der Waals surface area contributed by atoms with Gasteiger partial charge in [-0.15, -0.1) is 0 Å². The molecule has 102 valence electrons.